The fourth-order valence-electron chi connectivity index (χ4n) is 4.45. The molecule has 174 valence electrons. The van der Waals surface area contributed by atoms with Crippen molar-refractivity contribution in [1.29, 1.82) is 0 Å². The van der Waals surface area contributed by atoms with E-state index in [1.165, 1.54) is 5.56 Å². The Kier molecular flexibility index (Phi) is 6.67. The summed E-state index contributed by atoms with van der Waals surface area (Å²) in [4.78, 5) is 22.3. The predicted octanol–water partition coefficient (Wildman–Crippen LogP) is 5.13. The van der Waals surface area contributed by atoms with Gasteiger partial charge in [-0.2, -0.15) is 0 Å². The number of amidine groups is 1. The van der Waals surface area contributed by atoms with Gasteiger partial charge in [-0.05, 0) is 70.2 Å². The first-order valence-corrected chi connectivity index (χ1v) is 11.6. The highest BCUT2D eigenvalue weighted by Gasteiger charge is 2.38. The summed E-state index contributed by atoms with van der Waals surface area (Å²) in [5, 5.41) is 2.87. The van der Waals surface area contributed by atoms with Crippen LogP contribution in [0.3, 0.4) is 0 Å². The first-order chi connectivity index (χ1) is 15.0. The standard InChI is InChI=1S/C25H37N5O2/c1-8-16(9-2)20-14-27-22-21(28-23(31)32-24(4,5)6)29-25(7,15-30(20)22)19-13-18(26)12-11-17(19)10-3/h11-14,16H,8-10,15,26H2,1-7H3,(H,28,29,31). The molecule has 2 aromatic rings. The molecule has 2 heterocycles. The van der Waals surface area contributed by atoms with Gasteiger partial charge in [0.1, 0.15) is 11.1 Å². The fourth-order valence-corrected chi connectivity index (χ4v) is 4.45. The second-order valence-electron chi connectivity index (χ2n) is 9.74. The number of nitrogens with zero attached hydrogens (tertiary/aromatic N) is 3. The van der Waals surface area contributed by atoms with Crippen LogP contribution in [0.15, 0.2) is 29.4 Å². The first-order valence-electron chi connectivity index (χ1n) is 11.6. The Hall–Kier alpha value is -2.83. The molecular weight excluding hydrogens is 402 g/mol. The molecule has 1 unspecified atom stereocenters. The fraction of sp³-hybridized carbons (Fsp3) is 0.560. The van der Waals surface area contributed by atoms with E-state index in [1.54, 1.807) is 0 Å². The number of carbonyl (C=O) groups excluding carboxylic acids is 1. The van der Waals surface area contributed by atoms with E-state index in [0.29, 0.717) is 29.8 Å². The maximum atomic E-state index is 12.6. The van der Waals surface area contributed by atoms with Crippen LogP contribution in [0.1, 0.15) is 89.9 Å². The molecule has 1 aromatic heterocycles. The second-order valence-corrected chi connectivity index (χ2v) is 9.74. The number of aromatic nitrogens is 2. The molecule has 0 saturated heterocycles. The number of aryl methyl sites for hydroxylation is 1. The number of carbonyl (C=O) groups is 1. The summed E-state index contributed by atoms with van der Waals surface area (Å²) in [6.45, 7) is 14.8. The van der Waals surface area contributed by atoms with E-state index in [1.807, 2.05) is 39.1 Å². The number of hydrogen-bond acceptors (Lipinski definition) is 5. The quantitative estimate of drug-likeness (QED) is 0.631. The van der Waals surface area contributed by atoms with Gasteiger partial charge in [0.2, 0.25) is 0 Å². The van der Waals surface area contributed by atoms with Crippen molar-refractivity contribution in [3.8, 4) is 0 Å². The number of fused-ring (bicyclic) bond motifs is 1. The van der Waals surface area contributed by atoms with Crippen molar-refractivity contribution >= 4 is 17.6 Å². The van der Waals surface area contributed by atoms with Crippen LogP contribution >= 0.6 is 0 Å². The van der Waals surface area contributed by atoms with E-state index in [9.17, 15) is 4.79 Å². The van der Waals surface area contributed by atoms with Gasteiger partial charge >= 0.3 is 6.09 Å². The molecule has 1 aliphatic heterocycles. The number of hydrogen-bond donors (Lipinski definition) is 2. The molecule has 3 rings (SSSR count). The number of ether oxygens (including phenoxy) is 1. The molecule has 3 N–H and O–H groups in total. The molecular formula is C25H37N5O2. The van der Waals surface area contributed by atoms with Crippen molar-refractivity contribution in [3.05, 3.63) is 47.0 Å². The van der Waals surface area contributed by atoms with Crippen molar-refractivity contribution in [2.75, 3.05) is 5.73 Å². The summed E-state index contributed by atoms with van der Waals surface area (Å²) >= 11 is 0. The molecule has 1 atom stereocenters. The summed E-state index contributed by atoms with van der Waals surface area (Å²) in [5.41, 5.74) is 9.07. The number of aliphatic imine (C=N–C) groups is 1. The van der Waals surface area contributed by atoms with E-state index in [2.05, 4.69) is 48.6 Å². The van der Waals surface area contributed by atoms with E-state index < -0.39 is 17.2 Å². The molecule has 0 radical (unpaired) electrons. The Morgan fingerprint density at radius 1 is 1.28 bits per heavy atom. The van der Waals surface area contributed by atoms with Crippen LogP contribution < -0.4 is 11.1 Å². The number of nitrogens with two attached hydrogens (primary N) is 1. The number of imidazole rings is 1. The van der Waals surface area contributed by atoms with Gasteiger partial charge in [-0.25, -0.2) is 9.78 Å². The lowest BCUT2D eigenvalue weighted by Crippen LogP contribution is -2.44. The Morgan fingerprint density at radius 2 is 1.97 bits per heavy atom. The molecule has 0 spiro atoms. The summed E-state index contributed by atoms with van der Waals surface area (Å²) in [6, 6.07) is 6.00. The Morgan fingerprint density at radius 3 is 2.56 bits per heavy atom. The van der Waals surface area contributed by atoms with E-state index in [4.69, 9.17) is 15.5 Å². The molecule has 0 bridgehead atoms. The average Bonchev–Trinajstić information content (AvgIpc) is 3.11. The summed E-state index contributed by atoms with van der Waals surface area (Å²) in [5.74, 6) is 1.47. The minimum absolute atomic E-state index is 0.382. The first kappa shape index (κ1) is 23.8. The number of amides is 1. The Labute approximate surface area is 191 Å². The minimum atomic E-state index is -0.612. The lowest BCUT2D eigenvalue weighted by atomic mass is 9.86. The van der Waals surface area contributed by atoms with Crippen LogP contribution in [-0.4, -0.2) is 27.1 Å². The Balaban J connectivity index is 2.14. The topological polar surface area (TPSA) is 94.5 Å². The van der Waals surface area contributed by atoms with E-state index >= 15 is 0 Å². The van der Waals surface area contributed by atoms with Gasteiger partial charge in [-0.1, -0.05) is 26.8 Å². The third-order valence-corrected chi connectivity index (χ3v) is 6.04. The molecule has 32 heavy (non-hydrogen) atoms. The zero-order valence-electron chi connectivity index (χ0n) is 20.5. The van der Waals surface area contributed by atoms with Crippen LogP contribution in [0.5, 0.6) is 0 Å². The highest BCUT2D eigenvalue weighted by molar-refractivity contribution is 6.05. The van der Waals surface area contributed by atoms with Crippen molar-refractivity contribution in [2.45, 2.75) is 91.3 Å². The monoisotopic (exact) mass is 439 g/mol. The highest BCUT2D eigenvalue weighted by Crippen LogP contribution is 2.37. The average molecular weight is 440 g/mol. The number of alkyl carbamates (subject to hydrolysis) is 1. The lowest BCUT2D eigenvalue weighted by molar-refractivity contribution is 0.0562. The lowest BCUT2D eigenvalue weighted by Gasteiger charge is -2.35. The highest BCUT2D eigenvalue weighted by atomic mass is 16.6. The van der Waals surface area contributed by atoms with Crippen molar-refractivity contribution < 1.29 is 9.53 Å². The number of rotatable bonds is 5. The molecule has 1 aliphatic rings. The largest absolute Gasteiger partial charge is 0.444 e. The van der Waals surface area contributed by atoms with Crippen molar-refractivity contribution in [1.82, 2.24) is 14.9 Å². The van der Waals surface area contributed by atoms with Gasteiger partial charge in [0.05, 0.1) is 6.54 Å². The van der Waals surface area contributed by atoms with Crippen LogP contribution in [0, 0.1) is 0 Å². The van der Waals surface area contributed by atoms with Crippen LogP contribution in [0.2, 0.25) is 0 Å². The van der Waals surface area contributed by atoms with Crippen LogP contribution in [0.25, 0.3) is 0 Å². The van der Waals surface area contributed by atoms with Gasteiger partial charge in [-0.15, -0.1) is 0 Å². The summed E-state index contributed by atoms with van der Waals surface area (Å²) < 4.78 is 7.71. The third-order valence-electron chi connectivity index (χ3n) is 6.04. The molecule has 1 aromatic carbocycles. The number of nitrogen functional groups attached to an aromatic ring is 1. The summed E-state index contributed by atoms with van der Waals surface area (Å²) in [6.07, 6.45) is 4.28. The van der Waals surface area contributed by atoms with Gasteiger partial charge in [0.25, 0.3) is 0 Å². The minimum Gasteiger partial charge on any atom is -0.444 e. The van der Waals surface area contributed by atoms with Gasteiger partial charge in [-0.3, -0.25) is 10.3 Å². The van der Waals surface area contributed by atoms with Crippen LogP contribution in [0.4, 0.5) is 10.5 Å². The maximum absolute atomic E-state index is 12.6. The van der Waals surface area contributed by atoms with Crippen LogP contribution in [-0.2, 0) is 23.2 Å². The molecule has 1 amide bonds. The Bertz CT molecular complexity index is 1010. The van der Waals surface area contributed by atoms with Gasteiger partial charge in [0.15, 0.2) is 11.7 Å². The number of nitrogens with one attached hydrogen (secondary N) is 1. The third kappa shape index (κ3) is 4.81. The van der Waals surface area contributed by atoms with E-state index in [-0.39, 0.29) is 0 Å². The van der Waals surface area contributed by atoms with Gasteiger partial charge < -0.3 is 15.0 Å². The zero-order valence-corrected chi connectivity index (χ0v) is 20.5. The molecule has 7 heteroatoms. The second kappa shape index (κ2) is 8.96. The zero-order chi connectivity index (χ0) is 23.7. The van der Waals surface area contributed by atoms with Crippen molar-refractivity contribution in [3.63, 3.8) is 0 Å². The smallest absolute Gasteiger partial charge is 0.413 e. The molecule has 0 aliphatic carbocycles. The van der Waals surface area contributed by atoms with Crippen molar-refractivity contribution in [2.24, 2.45) is 4.99 Å². The molecule has 7 nitrogen and oxygen atoms in total. The number of benzene rings is 1. The normalized spacial score (nSPS) is 18.3. The predicted molar refractivity (Wildman–Crippen MR) is 129 cm³/mol. The summed E-state index contributed by atoms with van der Waals surface area (Å²) in [7, 11) is 0. The molecule has 0 fully saturated rings. The van der Waals surface area contributed by atoms with E-state index in [0.717, 1.165) is 30.5 Å². The number of anilines is 1. The molecule has 0 saturated carbocycles. The SMILES string of the molecule is CCc1ccc(N)cc1C1(C)Cn2c(C(CC)CC)cnc2C(NC(=O)OC(C)(C)C)=N1. The maximum Gasteiger partial charge on any atom is 0.413 e. The van der Waals surface area contributed by atoms with Gasteiger partial charge in [0, 0.05) is 23.5 Å².